The van der Waals surface area contributed by atoms with E-state index in [1.54, 1.807) is 0 Å². The summed E-state index contributed by atoms with van der Waals surface area (Å²) in [5.74, 6) is -18.9. The smallest absolute Gasteiger partial charge is 0.413 e. The standard InChI is InChI=1S/C19H27NO18/c21-11-5-10-8-4-13(38-19(34,35)36)12(37-18(31,32)33)3-7(8)1-2-20(10)6-9(11)14(22,23)15(24,16(25,26)27)17(28,29)30/h3-4,9-10,22-36H,1-2,5-6H2. The maximum atomic E-state index is 13.0. The second-order valence-electron chi connectivity index (χ2n) is 9.04. The Morgan fingerprint density at radius 2 is 1.21 bits per heavy atom. The van der Waals surface area contributed by atoms with Crippen molar-refractivity contribution in [2.24, 2.45) is 5.92 Å². The molecule has 0 spiro atoms. The Morgan fingerprint density at radius 3 is 1.66 bits per heavy atom. The molecule has 0 radical (unpaired) electrons. The average Bonchev–Trinajstić information content (AvgIpc) is 2.69. The summed E-state index contributed by atoms with van der Waals surface area (Å²) >= 11 is 0. The van der Waals surface area contributed by atoms with E-state index in [-0.39, 0.29) is 18.5 Å². The number of ketones is 1. The quantitative estimate of drug-likeness (QED) is 0.132. The minimum absolute atomic E-state index is 0.00316. The molecule has 15 N–H and O–H groups in total. The Hall–Kier alpha value is -2.15. The number of piperidine rings is 1. The van der Waals surface area contributed by atoms with Crippen LogP contribution in [0.25, 0.3) is 0 Å². The lowest BCUT2D eigenvalue weighted by Gasteiger charge is -2.52. The molecule has 216 valence electrons. The number of aliphatic hydroxyl groups is 15. The molecule has 0 saturated carbocycles. The monoisotopic (exact) mass is 557 g/mol. The zero-order chi connectivity index (χ0) is 29.3. The molecule has 1 saturated heterocycles. The van der Waals surface area contributed by atoms with Crippen molar-refractivity contribution in [3.63, 3.8) is 0 Å². The summed E-state index contributed by atoms with van der Waals surface area (Å²) in [6.45, 7) is -0.830. The van der Waals surface area contributed by atoms with Gasteiger partial charge in [-0.25, -0.2) is 0 Å². The highest BCUT2D eigenvalue weighted by Crippen LogP contribution is 2.47. The van der Waals surface area contributed by atoms with Crippen LogP contribution in [0.4, 0.5) is 0 Å². The van der Waals surface area contributed by atoms with Gasteiger partial charge in [-0.05, 0) is 29.7 Å². The van der Waals surface area contributed by atoms with E-state index < -0.39 is 77.9 Å². The first-order valence-electron chi connectivity index (χ1n) is 10.6. The van der Waals surface area contributed by atoms with Crippen molar-refractivity contribution in [2.75, 3.05) is 13.1 Å². The molecule has 1 fully saturated rings. The highest BCUT2D eigenvalue weighted by atomic mass is 16.9. The van der Waals surface area contributed by atoms with Crippen molar-refractivity contribution < 1.29 is 90.9 Å². The van der Waals surface area contributed by atoms with Crippen LogP contribution in [0, 0.1) is 5.92 Å². The van der Waals surface area contributed by atoms with Gasteiger partial charge in [0.25, 0.3) is 5.60 Å². The van der Waals surface area contributed by atoms with Gasteiger partial charge in [0.15, 0.2) is 11.5 Å². The molecule has 38 heavy (non-hydrogen) atoms. The number of carbonyl (C=O) groups excluding carboxylic acids is 1. The molecule has 2 heterocycles. The fraction of sp³-hybridized carbons (Fsp3) is 0.632. The lowest BCUT2D eigenvalue weighted by Crippen LogP contribution is -2.81. The van der Waals surface area contributed by atoms with E-state index in [0.29, 0.717) is 5.56 Å². The minimum Gasteiger partial charge on any atom is -0.413 e. The molecule has 0 amide bonds. The van der Waals surface area contributed by atoms with Crippen LogP contribution in [-0.4, -0.2) is 136 Å². The van der Waals surface area contributed by atoms with Gasteiger partial charge in [0.2, 0.25) is 5.79 Å². The molecule has 2 aliphatic heterocycles. The molecular formula is C19H27NO18. The second kappa shape index (κ2) is 9.21. The highest BCUT2D eigenvalue weighted by Gasteiger charge is 2.76. The summed E-state index contributed by atoms with van der Waals surface area (Å²) in [5.41, 5.74) is -4.34. The Kier molecular flexibility index (Phi) is 7.37. The molecule has 0 bridgehead atoms. The summed E-state index contributed by atoms with van der Waals surface area (Å²) in [4.78, 5) is 14.3. The van der Waals surface area contributed by atoms with E-state index in [4.69, 9.17) is 15.3 Å². The van der Waals surface area contributed by atoms with Crippen molar-refractivity contribution in [1.82, 2.24) is 4.90 Å². The summed E-state index contributed by atoms with van der Waals surface area (Å²) in [6.07, 6.45) is -8.29. The summed E-state index contributed by atoms with van der Waals surface area (Å²) in [7, 11) is 0. The van der Waals surface area contributed by atoms with Gasteiger partial charge in [-0.3, -0.25) is 9.69 Å². The SMILES string of the molecule is O=C1CC2c3cc(OC(O)(O)O)c(OC(O)(O)O)cc3CCN2CC1C(O)(O)C(O)(C(O)(O)O)C(O)(O)O. The summed E-state index contributed by atoms with van der Waals surface area (Å²) in [5, 5.41) is 143. The van der Waals surface area contributed by atoms with Crippen LogP contribution in [0.15, 0.2) is 12.1 Å². The van der Waals surface area contributed by atoms with Crippen LogP contribution < -0.4 is 9.47 Å². The Labute approximate surface area is 210 Å². The molecule has 2 aliphatic rings. The molecule has 1 aromatic rings. The number of benzene rings is 1. The molecule has 2 unspecified atom stereocenters. The highest BCUT2D eigenvalue weighted by molar-refractivity contribution is 5.84. The van der Waals surface area contributed by atoms with E-state index in [0.717, 1.165) is 12.1 Å². The predicted molar refractivity (Wildman–Crippen MR) is 108 cm³/mol. The van der Waals surface area contributed by atoms with Crippen molar-refractivity contribution in [1.29, 1.82) is 0 Å². The topological polar surface area (TPSA) is 342 Å². The van der Waals surface area contributed by atoms with Gasteiger partial charge in [-0.2, -0.15) is 0 Å². The Morgan fingerprint density at radius 1 is 0.737 bits per heavy atom. The van der Waals surface area contributed by atoms with Crippen LogP contribution in [0.2, 0.25) is 0 Å². The zero-order valence-corrected chi connectivity index (χ0v) is 19.0. The first-order chi connectivity index (χ1) is 16.9. The number of fused-ring (bicyclic) bond motifs is 3. The number of nitrogens with zero attached hydrogens (tertiary/aromatic N) is 1. The maximum absolute atomic E-state index is 13.0. The van der Waals surface area contributed by atoms with E-state index in [2.05, 4.69) is 9.47 Å². The molecule has 3 rings (SSSR count). The van der Waals surface area contributed by atoms with Gasteiger partial charge in [0, 0.05) is 25.6 Å². The van der Waals surface area contributed by atoms with E-state index >= 15 is 0 Å². The summed E-state index contributed by atoms with van der Waals surface area (Å²) in [6, 6.07) is 0.956. The molecule has 19 heteroatoms. The maximum Gasteiger partial charge on any atom is 0.453 e. The largest absolute Gasteiger partial charge is 0.453 e. The average molecular weight is 557 g/mol. The fourth-order valence-electron chi connectivity index (χ4n) is 4.66. The third-order valence-electron chi connectivity index (χ3n) is 6.36. The van der Waals surface area contributed by atoms with Gasteiger partial charge in [-0.15, -0.1) is 0 Å². The van der Waals surface area contributed by atoms with Crippen molar-refractivity contribution in [3.8, 4) is 11.5 Å². The molecular weight excluding hydrogens is 530 g/mol. The van der Waals surface area contributed by atoms with Gasteiger partial charge < -0.3 is 86.1 Å². The van der Waals surface area contributed by atoms with Crippen LogP contribution in [-0.2, 0) is 11.2 Å². The van der Waals surface area contributed by atoms with Crippen molar-refractivity contribution in [3.05, 3.63) is 23.3 Å². The Balaban J connectivity index is 2.02. The van der Waals surface area contributed by atoms with E-state index in [1.165, 1.54) is 4.90 Å². The van der Waals surface area contributed by atoms with Crippen LogP contribution in [0.3, 0.4) is 0 Å². The van der Waals surface area contributed by atoms with E-state index in [9.17, 15) is 66.1 Å². The van der Waals surface area contributed by atoms with E-state index in [1.807, 2.05) is 0 Å². The predicted octanol–water partition coefficient (Wildman–Crippen LogP) is -8.22. The number of rotatable bonds is 8. The molecule has 19 nitrogen and oxygen atoms in total. The molecule has 0 aliphatic carbocycles. The van der Waals surface area contributed by atoms with Gasteiger partial charge in [0.05, 0.1) is 5.92 Å². The number of ether oxygens (including phenoxy) is 2. The van der Waals surface area contributed by atoms with Gasteiger partial charge >= 0.3 is 24.3 Å². The van der Waals surface area contributed by atoms with Crippen LogP contribution >= 0.6 is 0 Å². The summed E-state index contributed by atoms with van der Waals surface area (Å²) < 4.78 is 8.93. The number of Topliss-reactive ketones (excluding diaryl/α,β-unsaturated/α-hetero) is 1. The van der Waals surface area contributed by atoms with Crippen LogP contribution in [0.1, 0.15) is 23.6 Å². The van der Waals surface area contributed by atoms with Crippen molar-refractivity contribution >= 4 is 5.78 Å². The molecule has 0 aromatic heterocycles. The van der Waals surface area contributed by atoms with Gasteiger partial charge in [0.1, 0.15) is 5.78 Å². The molecule has 1 aromatic carbocycles. The first-order valence-corrected chi connectivity index (χ1v) is 10.6. The lowest BCUT2D eigenvalue weighted by atomic mass is 9.72. The first kappa shape index (κ1) is 30.4. The number of hydrogen-bond donors (Lipinski definition) is 15. The van der Waals surface area contributed by atoms with Crippen LogP contribution in [0.5, 0.6) is 11.5 Å². The normalized spacial score (nSPS) is 22.1. The van der Waals surface area contributed by atoms with Crippen molar-refractivity contribution in [2.45, 2.75) is 54.5 Å². The number of hydrogen-bond acceptors (Lipinski definition) is 19. The molecule has 2 atom stereocenters. The zero-order valence-electron chi connectivity index (χ0n) is 19.0. The number of carbonyl (C=O) groups is 1. The minimum atomic E-state index is -4.78. The third kappa shape index (κ3) is 5.45. The third-order valence-corrected chi connectivity index (χ3v) is 6.36. The lowest BCUT2D eigenvalue weighted by molar-refractivity contribution is -0.545. The Bertz CT molecular complexity index is 1050. The second-order valence-corrected chi connectivity index (χ2v) is 9.04. The van der Waals surface area contributed by atoms with Gasteiger partial charge in [-0.1, -0.05) is 0 Å². The fourth-order valence-corrected chi connectivity index (χ4v) is 4.66.